The van der Waals surface area contributed by atoms with Crippen LogP contribution in [0.2, 0.25) is 0 Å². The van der Waals surface area contributed by atoms with Gasteiger partial charge < -0.3 is 24.3 Å². The summed E-state index contributed by atoms with van der Waals surface area (Å²) in [5.41, 5.74) is 1.71. The standard InChI is InChI=1S/C20H22N2O5/c1-24-15-7-5-14(6-8-15)20-22-16(12-27-20)19(23)21-11-13-4-9-17(25-2)18(10-13)26-3/h4-10,16H,11-12H2,1-3H3,(H,21,23)/t16-/m0/s1. The lowest BCUT2D eigenvalue weighted by atomic mass is 10.2. The highest BCUT2D eigenvalue weighted by Crippen LogP contribution is 2.27. The minimum absolute atomic E-state index is 0.187. The molecule has 2 aromatic rings. The molecule has 7 heteroatoms. The summed E-state index contributed by atoms with van der Waals surface area (Å²) >= 11 is 0. The van der Waals surface area contributed by atoms with Gasteiger partial charge in [0.25, 0.3) is 0 Å². The van der Waals surface area contributed by atoms with E-state index >= 15 is 0 Å². The molecule has 1 aliphatic heterocycles. The van der Waals surface area contributed by atoms with Crippen LogP contribution in [0.25, 0.3) is 0 Å². The van der Waals surface area contributed by atoms with Gasteiger partial charge >= 0.3 is 0 Å². The van der Waals surface area contributed by atoms with E-state index in [-0.39, 0.29) is 12.5 Å². The summed E-state index contributed by atoms with van der Waals surface area (Å²) in [5.74, 6) is 2.29. The molecule has 2 aromatic carbocycles. The van der Waals surface area contributed by atoms with Gasteiger partial charge in [0.05, 0.1) is 21.3 Å². The number of carbonyl (C=O) groups excluding carboxylic acids is 1. The molecule has 1 aliphatic rings. The van der Waals surface area contributed by atoms with Gasteiger partial charge in [0.15, 0.2) is 17.5 Å². The molecule has 1 amide bonds. The Bertz CT molecular complexity index is 833. The molecule has 142 valence electrons. The molecule has 3 rings (SSSR count). The van der Waals surface area contributed by atoms with Gasteiger partial charge in [-0.2, -0.15) is 0 Å². The van der Waals surface area contributed by atoms with Crippen molar-refractivity contribution in [2.75, 3.05) is 27.9 Å². The summed E-state index contributed by atoms with van der Waals surface area (Å²) in [5, 5.41) is 2.88. The predicted octanol–water partition coefficient (Wildman–Crippen LogP) is 2.17. The fourth-order valence-electron chi connectivity index (χ4n) is 2.70. The maximum atomic E-state index is 12.4. The molecule has 0 aromatic heterocycles. The van der Waals surface area contributed by atoms with Crippen molar-refractivity contribution in [1.29, 1.82) is 0 Å². The highest BCUT2D eigenvalue weighted by atomic mass is 16.5. The van der Waals surface area contributed by atoms with Crippen LogP contribution >= 0.6 is 0 Å². The van der Waals surface area contributed by atoms with Crippen molar-refractivity contribution in [3.8, 4) is 17.2 Å². The number of rotatable bonds is 7. The first-order valence-corrected chi connectivity index (χ1v) is 8.48. The minimum atomic E-state index is -0.567. The number of benzene rings is 2. The van der Waals surface area contributed by atoms with Crippen LogP contribution in [0.15, 0.2) is 47.5 Å². The Morgan fingerprint density at radius 2 is 1.81 bits per heavy atom. The maximum absolute atomic E-state index is 12.4. The molecule has 7 nitrogen and oxygen atoms in total. The number of nitrogens with zero attached hydrogens (tertiary/aromatic N) is 1. The van der Waals surface area contributed by atoms with E-state index in [1.807, 2.05) is 36.4 Å². The van der Waals surface area contributed by atoms with Crippen molar-refractivity contribution in [2.24, 2.45) is 4.99 Å². The summed E-state index contributed by atoms with van der Waals surface area (Å²) in [6, 6.07) is 12.3. The van der Waals surface area contributed by atoms with Gasteiger partial charge in [0.2, 0.25) is 11.8 Å². The third kappa shape index (κ3) is 4.31. The summed E-state index contributed by atoms with van der Waals surface area (Å²) in [6.07, 6.45) is 0. The first-order valence-electron chi connectivity index (χ1n) is 8.48. The van der Waals surface area contributed by atoms with Crippen molar-refractivity contribution in [3.63, 3.8) is 0 Å². The van der Waals surface area contributed by atoms with Crippen LogP contribution in [0.1, 0.15) is 11.1 Å². The quantitative estimate of drug-likeness (QED) is 0.808. The molecular formula is C20H22N2O5. The second-order valence-electron chi connectivity index (χ2n) is 5.90. The lowest BCUT2D eigenvalue weighted by molar-refractivity contribution is -0.122. The van der Waals surface area contributed by atoms with E-state index in [2.05, 4.69) is 10.3 Å². The van der Waals surface area contributed by atoms with Crippen LogP contribution in [0.3, 0.4) is 0 Å². The molecular weight excluding hydrogens is 348 g/mol. The van der Waals surface area contributed by atoms with Gasteiger partial charge in [0.1, 0.15) is 12.4 Å². The van der Waals surface area contributed by atoms with Crippen molar-refractivity contribution in [2.45, 2.75) is 12.6 Å². The van der Waals surface area contributed by atoms with Crippen LogP contribution in [-0.4, -0.2) is 45.8 Å². The lowest BCUT2D eigenvalue weighted by Crippen LogP contribution is -2.33. The molecule has 0 radical (unpaired) electrons. The van der Waals surface area contributed by atoms with Crippen LogP contribution in [0.5, 0.6) is 17.2 Å². The second-order valence-corrected chi connectivity index (χ2v) is 5.90. The Morgan fingerprint density at radius 1 is 1.07 bits per heavy atom. The third-order valence-corrected chi connectivity index (χ3v) is 4.21. The fourth-order valence-corrected chi connectivity index (χ4v) is 2.70. The Hall–Kier alpha value is -3.22. The smallest absolute Gasteiger partial charge is 0.248 e. The molecule has 0 bridgehead atoms. The molecule has 0 spiro atoms. The van der Waals surface area contributed by atoms with E-state index in [1.54, 1.807) is 27.4 Å². The van der Waals surface area contributed by atoms with Gasteiger partial charge in [-0.1, -0.05) is 6.07 Å². The van der Waals surface area contributed by atoms with E-state index in [0.29, 0.717) is 23.9 Å². The largest absolute Gasteiger partial charge is 0.497 e. The Labute approximate surface area is 157 Å². The molecule has 0 fully saturated rings. The summed E-state index contributed by atoms with van der Waals surface area (Å²) < 4.78 is 21.2. The van der Waals surface area contributed by atoms with E-state index < -0.39 is 6.04 Å². The average Bonchev–Trinajstić information content (AvgIpc) is 3.22. The number of amides is 1. The Morgan fingerprint density at radius 3 is 2.48 bits per heavy atom. The predicted molar refractivity (Wildman–Crippen MR) is 101 cm³/mol. The first-order chi connectivity index (χ1) is 13.1. The number of carbonyl (C=O) groups is 1. The lowest BCUT2D eigenvalue weighted by Gasteiger charge is -2.11. The van der Waals surface area contributed by atoms with Crippen molar-refractivity contribution < 1.29 is 23.7 Å². The van der Waals surface area contributed by atoms with Crippen LogP contribution in [0.4, 0.5) is 0 Å². The maximum Gasteiger partial charge on any atom is 0.248 e. The van der Waals surface area contributed by atoms with E-state index in [9.17, 15) is 4.79 Å². The van der Waals surface area contributed by atoms with Crippen molar-refractivity contribution in [3.05, 3.63) is 53.6 Å². The number of nitrogens with one attached hydrogen (secondary N) is 1. The zero-order valence-electron chi connectivity index (χ0n) is 15.5. The third-order valence-electron chi connectivity index (χ3n) is 4.21. The van der Waals surface area contributed by atoms with E-state index in [4.69, 9.17) is 18.9 Å². The van der Waals surface area contributed by atoms with E-state index in [1.165, 1.54) is 0 Å². The summed E-state index contributed by atoms with van der Waals surface area (Å²) in [7, 11) is 4.76. The molecule has 1 atom stereocenters. The molecule has 1 heterocycles. The zero-order valence-corrected chi connectivity index (χ0v) is 15.5. The fraction of sp³-hybridized carbons (Fsp3) is 0.300. The average molecular weight is 370 g/mol. The number of aliphatic imine (C=N–C) groups is 1. The summed E-state index contributed by atoms with van der Waals surface area (Å²) in [4.78, 5) is 16.8. The molecule has 0 saturated heterocycles. The van der Waals surface area contributed by atoms with Crippen LogP contribution in [-0.2, 0) is 16.1 Å². The molecule has 0 aliphatic carbocycles. The van der Waals surface area contributed by atoms with Gasteiger partial charge in [-0.15, -0.1) is 0 Å². The summed E-state index contributed by atoms with van der Waals surface area (Å²) in [6.45, 7) is 0.586. The topological polar surface area (TPSA) is 78.4 Å². The minimum Gasteiger partial charge on any atom is -0.497 e. The van der Waals surface area contributed by atoms with Gasteiger partial charge in [-0.3, -0.25) is 4.79 Å². The van der Waals surface area contributed by atoms with Crippen molar-refractivity contribution in [1.82, 2.24) is 5.32 Å². The van der Waals surface area contributed by atoms with Crippen LogP contribution in [0, 0.1) is 0 Å². The van der Waals surface area contributed by atoms with Crippen LogP contribution < -0.4 is 19.5 Å². The Balaban J connectivity index is 1.60. The number of ether oxygens (including phenoxy) is 4. The SMILES string of the molecule is COc1ccc(C2=N[C@H](C(=O)NCc3ccc(OC)c(OC)c3)CO2)cc1. The molecule has 27 heavy (non-hydrogen) atoms. The first kappa shape index (κ1) is 18.6. The zero-order chi connectivity index (χ0) is 19.2. The van der Waals surface area contributed by atoms with Gasteiger partial charge in [0, 0.05) is 12.1 Å². The molecule has 0 unspecified atom stereocenters. The highest BCUT2D eigenvalue weighted by Gasteiger charge is 2.26. The van der Waals surface area contributed by atoms with Gasteiger partial charge in [-0.05, 0) is 42.0 Å². The molecule has 0 saturated carbocycles. The normalized spacial score (nSPS) is 15.5. The van der Waals surface area contributed by atoms with E-state index in [0.717, 1.165) is 16.9 Å². The molecule has 1 N–H and O–H groups in total. The second kappa shape index (κ2) is 8.44. The van der Waals surface area contributed by atoms with Gasteiger partial charge in [-0.25, -0.2) is 4.99 Å². The monoisotopic (exact) mass is 370 g/mol. The number of methoxy groups -OCH3 is 3. The highest BCUT2D eigenvalue weighted by molar-refractivity contribution is 5.98. The number of hydrogen-bond acceptors (Lipinski definition) is 6. The number of hydrogen-bond donors (Lipinski definition) is 1. The van der Waals surface area contributed by atoms with Crippen molar-refractivity contribution >= 4 is 11.8 Å². The Kier molecular flexibility index (Phi) is 5.80.